The molecule has 0 atom stereocenters. The molecule has 0 aliphatic heterocycles. The lowest BCUT2D eigenvalue weighted by Gasteiger charge is -2.19. The Morgan fingerprint density at radius 1 is 0.862 bits per heavy atom. The van der Waals surface area contributed by atoms with Crippen LogP contribution in [0, 0.1) is 11.6 Å². The third-order valence-electron chi connectivity index (χ3n) is 4.11. The number of benzene rings is 2. The van der Waals surface area contributed by atoms with Crippen molar-refractivity contribution in [3.63, 3.8) is 0 Å². The first-order valence-electron chi connectivity index (χ1n) is 8.59. The molecule has 0 radical (unpaired) electrons. The van der Waals surface area contributed by atoms with Crippen molar-refractivity contribution in [2.45, 2.75) is 36.7 Å². The van der Waals surface area contributed by atoms with Gasteiger partial charge in [0.2, 0.25) is 0 Å². The molecular weight excluding hydrogens is 414 g/mol. The van der Waals surface area contributed by atoms with Crippen molar-refractivity contribution in [3.05, 3.63) is 60.2 Å². The Morgan fingerprint density at radius 2 is 1.34 bits per heavy atom. The van der Waals surface area contributed by atoms with E-state index in [9.17, 15) is 26.3 Å². The van der Waals surface area contributed by atoms with Gasteiger partial charge in [-0.15, -0.1) is 0 Å². The van der Waals surface area contributed by atoms with Gasteiger partial charge in [-0.1, -0.05) is 0 Å². The zero-order valence-electron chi connectivity index (χ0n) is 15.3. The zero-order chi connectivity index (χ0) is 21.3. The maximum atomic E-state index is 13.8. The standard InChI is InChI=1S/C20H16F6N2S/c1-11(2)28-17(13-5-9-15(22)10-6-13)16(12-3-7-14(21)8-4-12)27-19(28)29-20(25,26)18(23)24/h3-11,18H,1-2H3. The Balaban J connectivity index is 2.27. The highest BCUT2D eigenvalue weighted by molar-refractivity contribution is 8.00. The average molecular weight is 430 g/mol. The van der Waals surface area contributed by atoms with Gasteiger partial charge in [0.15, 0.2) is 5.16 Å². The summed E-state index contributed by atoms with van der Waals surface area (Å²) in [5.41, 5.74) is 1.42. The van der Waals surface area contributed by atoms with Crippen molar-refractivity contribution in [2.24, 2.45) is 0 Å². The summed E-state index contributed by atoms with van der Waals surface area (Å²) in [6, 6.07) is 10.0. The Hall–Kier alpha value is -2.42. The molecule has 0 aliphatic carbocycles. The Kier molecular flexibility index (Phi) is 5.97. The van der Waals surface area contributed by atoms with Gasteiger partial charge in [-0.25, -0.2) is 22.5 Å². The largest absolute Gasteiger partial charge is 0.360 e. The van der Waals surface area contributed by atoms with Crippen LogP contribution in [0.15, 0.2) is 53.7 Å². The van der Waals surface area contributed by atoms with Gasteiger partial charge >= 0.3 is 11.7 Å². The van der Waals surface area contributed by atoms with Crippen molar-refractivity contribution >= 4 is 11.8 Å². The van der Waals surface area contributed by atoms with E-state index in [-0.39, 0.29) is 22.6 Å². The third kappa shape index (κ3) is 4.44. The number of hydrogen-bond donors (Lipinski definition) is 0. The molecule has 0 unspecified atom stereocenters. The molecule has 0 N–H and O–H groups in total. The van der Waals surface area contributed by atoms with Crippen LogP contribution in [0.1, 0.15) is 19.9 Å². The second-order valence-electron chi connectivity index (χ2n) is 6.53. The van der Waals surface area contributed by atoms with Crippen molar-refractivity contribution < 1.29 is 26.3 Å². The molecule has 29 heavy (non-hydrogen) atoms. The fourth-order valence-corrected chi connectivity index (χ4v) is 3.69. The summed E-state index contributed by atoms with van der Waals surface area (Å²) in [5, 5.41) is -4.66. The van der Waals surface area contributed by atoms with Gasteiger partial charge in [-0.3, -0.25) is 0 Å². The summed E-state index contributed by atoms with van der Waals surface area (Å²) in [4.78, 5) is 4.19. The second-order valence-corrected chi connectivity index (χ2v) is 7.65. The molecule has 0 saturated carbocycles. The van der Waals surface area contributed by atoms with Gasteiger partial charge in [-0.05, 0) is 74.1 Å². The normalized spacial score (nSPS) is 12.2. The van der Waals surface area contributed by atoms with Crippen LogP contribution in [0.4, 0.5) is 26.3 Å². The first kappa shape index (κ1) is 21.3. The summed E-state index contributed by atoms with van der Waals surface area (Å²) in [6.07, 6.45) is -3.88. The number of imidazole rings is 1. The maximum absolute atomic E-state index is 13.8. The van der Waals surface area contributed by atoms with Crippen molar-refractivity contribution in [3.8, 4) is 22.5 Å². The number of rotatable bonds is 6. The monoisotopic (exact) mass is 430 g/mol. The van der Waals surface area contributed by atoms with Gasteiger partial charge in [0.1, 0.15) is 11.6 Å². The van der Waals surface area contributed by atoms with E-state index in [1.54, 1.807) is 13.8 Å². The van der Waals surface area contributed by atoms with Crippen LogP contribution in [0.3, 0.4) is 0 Å². The number of nitrogens with zero attached hydrogens (tertiary/aromatic N) is 2. The molecule has 2 nitrogen and oxygen atoms in total. The maximum Gasteiger partial charge on any atom is 0.360 e. The lowest BCUT2D eigenvalue weighted by atomic mass is 10.0. The molecule has 0 spiro atoms. The van der Waals surface area contributed by atoms with Crippen molar-refractivity contribution in [1.29, 1.82) is 0 Å². The molecule has 0 aliphatic rings. The van der Waals surface area contributed by atoms with Crippen molar-refractivity contribution in [2.75, 3.05) is 0 Å². The highest BCUT2D eigenvalue weighted by Gasteiger charge is 2.44. The zero-order valence-corrected chi connectivity index (χ0v) is 16.2. The van der Waals surface area contributed by atoms with Crippen molar-refractivity contribution in [1.82, 2.24) is 9.55 Å². The summed E-state index contributed by atoms with van der Waals surface area (Å²) >= 11 is -0.340. The number of aromatic nitrogens is 2. The second kappa shape index (κ2) is 8.14. The summed E-state index contributed by atoms with van der Waals surface area (Å²) in [5.74, 6) is -0.995. The number of hydrogen-bond acceptors (Lipinski definition) is 2. The first-order chi connectivity index (χ1) is 13.6. The number of halogens is 6. The molecule has 2 aromatic carbocycles. The first-order valence-corrected chi connectivity index (χ1v) is 9.41. The van der Waals surface area contributed by atoms with E-state index >= 15 is 0 Å². The van der Waals surface area contributed by atoms with Crippen LogP contribution >= 0.6 is 11.8 Å². The summed E-state index contributed by atoms with van der Waals surface area (Å²) in [6.45, 7) is 3.38. The molecule has 0 bridgehead atoms. The molecule has 3 aromatic rings. The SMILES string of the molecule is CC(C)n1c(SC(F)(F)C(F)F)nc(-c2ccc(F)cc2)c1-c1ccc(F)cc1. The highest BCUT2D eigenvalue weighted by atomic mass is 32.2. The highest BCUT2D eigenvalue weighted by Crippen LogP contribution is 2.45. The predicted molar refractivity (Wildman–Crippen MR) is 100 cm³/mol. The Bertz CT molecular complexity index is 981. The quantitative estimate of drug-likeness (QED) is 0.309. The fourth-order valence-electron chi connectivity index (χ4n) is 2.82. The van der Waals surface area contributed by atoms with E-state index in [0.29, 0.717) is 16.8 Å². The number of thioether (sulfide) groups is 1. The lowest BCUT2D eigenvalue weighted by Crippen LogP contribution is -2.22. The van der Waals surface area contributed by atoms with Crippen LogP contribution < -0.4 is 0 Å². The van der Waals surface area contributed by atoms with Crippen LogP contribution in [-0.4, -0.2) is 21.2 Å². The average Bonchev–Trinajstić information content (AvgIpc) is 3.01. The van der Waals surface area contributed by atoms with Crippen LogP contribution in [0.2, 0.25) is 0 Å². The Labute approximate surface area is 167 Å². The molecule has 0 fully saturated rings. The summed E-state index contributed by atoms with van der Waals surface area (Å²) in [7, 11) is 0. The predicted octanol–water partition coefficient (Wildman–Crippen LogP) is 7.03. The lowest BCUT2D eigenvalue weighted by molar-refractivity contribution is -0.0566. The topological polar surface area (TPSA) is 17.8 Å². The van der Waals surface area contributed by atoms with Gasteiger partial charge < -0.3 is 4.57 Å². The molecule has 154 valence electrons. The molecular formula is C20H16F6N2S. The fraction of sp³-hybridized carbons (Fsp3) is 0.250. The molecule has 3 rings (SSSR count). The molecule has 1 heterocycles. The van der Waals surface area contributed by atoms with Crippen LogP contribution in [-0.2, 0) is 0 Å². The van der Waals surface area contributed by atoms with E-state index in [4.69, 9.17) is 0 Å². The molecule has 1 aromatic heterocycles. The van der Waals surface area contributed by atoms with E-state index < -0.39 is 29.4 Å². The van der Waals surface area contributed by atoms with E-state index in [2.05, 4.69) is 4.98 Å². The van der Waals surface area contributed by atoms with Gasteiger partial charge in [0.05, 0.1) is 11.4 Å². The third-order valence-corrected chi connectivity index (χ3v) is 5.03. The minimum Gasteiger partial charge on any atom is -0.316 e. The minimum atomic E-state index is -4.35. The Morgan fingerprint density at radius 3 is 1.79 bits per heavy atom. The van der Waals surface area contributed by atoms with Crippen LogP contribution in [0.25, 0.3) is 22.5 Å². The van der Waals surface area contributed by atoms with E-state index in [0.717, 1.165) is 0 Å². The summed E-state index contributed by atoms with van der Waals surface area (Å²) < 4.78 is 81.3. The molecule has 0 saturated heterocycles. The van der Waals surface area contributed by atoms with Gasteiger partial charge in [0, 0.05) is 17.2 Å². The van der Waals surface area contributed by atoms with E-state index in [1.807, 2.05) is 0 Å². The molecule has 0 amide bonds. The van der Waals surface area contributed by atoms with Crippen LogP contribution in [0.5, 0.6) is 0 Å². The van der Waals surface area contributed by atoms with E-state index in [1.165, 1.54) is 53.1 Å². The minimum absolute atomic E-state index is 0.206. The smallest absolute Gasteiger partial charge is 0.316 e. The number of alkyl halides is 4. The molecule has 9 heteroatoms. The van der Waals surface area contributed by atoms with Gasteiger partial charge in [-0.2, -0.15) is 8.78 Å². The van der Waals surface area contributed by atoms with Gasteiger partial charge in [0.25, 0.3) is 0 Å².